The number of carbonyl (C=O) groups is 1. The summed E-state index contributed by atoms with van der Waals surface area (Å²) in [6.45, 7) is 2.01. The second-order valence-corrected chi connectivity index (χ2v) is 7.79. The second-order valence-electron chi connectivity index (χ2n) is 5.95. The van der Waals surface area contributed by atoms with Crippen LogP contribution < -0.4 is 5.32 Å². The number of thioether (sulfide) groups is 1. The number of thiazole rings is 1. The van der Waals surface area contributed by atoms with Gasteiger partial charge in [-0.1, -0.05) is 18.9 Å². The monoisotopic (exact) mass is 347 g/mol. The first-order chi connectivity index (χ1) is 11.2. The van der Waals surface area contributed by atoms with Gasteiger partial charge in [0, 0.05) is 23.0 Å². The average Bonchev–Trinajstić information content (AvgIpc) is 3.18. The number of carbonyl (C=O) groups excluding carboxylic acids is 1. The molecule has 4 nitrogen and oxygen atoms in total. The molecular formula is C17H21N3OS2. The molecule has 0 unspecified atom stereocenters. The van der Waals surface area contributed by atoms with Gasteiger partial charge in [0.25, 0.3) is 0 Å². The normalized spacial score (nSPS) is 16.4. The van der Waals surface area contributed by atoms with Crippen LogP contribution in [0.15, 0.2) is 29.8 Å². The predicted octanol–water partition coefficient (Wildman–Crippen LogP) is 3.67. The topological polar surface area (TPSA) is 54.9 Å². The van der Waals surface area contributed by atoms with Crippen molar-refractivity contribution in [2.24, 2.45) is 0 Å². The zero-order chi connectivity index (χ0) is 16.1. The Labute approximate surface area is 145 Å². The largest absolute Gasteiger partial charge is 0.343 e. The summed E-state index contributed by atoms with van der Waals surface area (Å²) in [6, 6.07) is 5.86. The molecule has 0 aromatic carbocycles. The number of hydrogen-bond acceptors (Lipinski definition) is 5. The van der Waals surface area contributed by atoms with Crippen LogP contribution in [0.3, 0.4) is 0 Å². The summed E-state index contributed by atoms with van der Waals surface area (Å²) in [5.41, 5.74) is 1.81. The molecule has 1 N–H and O–H groups in total. The Kier molecular flexibility index (Phi) is 5.33. The minimum Gasteiger partial charge on any atom is -0.343 e. The van der Waals surface area contributed by atoms with Crippen LogP contribution in [-0.2, 0) is 16.1 Å². The van der Waals surface area contributed by atoms with Gasteiger partial charge < -0.3 is 5.32 Å². The number of aromatic nitrogens is 2. The Bertz CT molecular complexity index is 651. The molecule has 2 aromatic rings. The molecule has 2 aromatic heterocycles. The van der Waals surface area contributed by atoms with Crippen LogP contribution in [0.5, 0.6) is 0 Å². The summed E-state index contributed by atoms with van der Waals surface area (Å²) in [7, 11) is 0. The summed E-state index contributed by atoms with van der Waals surface area (Å²) in [6.07, 6.45) is 6.08. The van der Waals surface area contributed by atoms with E-state index in [2.05, 4.69) is 20.7 Å². The predicted molar refractivity (Wildman–Crippen MR) is 95.5 cm³/mol. The first-order valence-electron chi connectivity index (χ1n) is 7.89. The van der Waals surface area contributed by atoms with E-state index in [9.17, 15) is 4.79 Å². The molecule has 122 valence electrons. The van der Waals surface area contributed by atoms with E-state index in [1.165, 1.54) is 0 Å². The standard InChI is InChI=1S/C17H21N3OS2/c1-13-10-23-16(19-13)17(7-3-4-8-17)20-15(21)12-22-11-14-6-2-5-9-18-14/h2,5-6,9-10H,3-4,7-8,11-12H2,1H3,(H,20,21). The molecule has 0 saturated heterocycles. The minimum absolute atomic E-state index is 0.0979. The van der Waals surface area contributed by atoms with Crippen molar-refractivity contribution in [1.82, 2.24) is 15.3 Å². The van der Waals surface area contributed by atoms with E-state index in [0.717, 1.165) is 47.8 Å². The lowest BCUT2D eigenvalue weighted by atomic mass is 9.98. The van der Waals surface area contributed by atoms with E-state index in [4.69, 9.17) is 0 Å². The Morgan fingerprint density at radius 3 is 2.87 bits per heavy atom. The minimum atomic E-state index is -0.235. The van der Waals surface area contributed by atoms with Gasteiger partial charge in [0.2, 0.25) is 5.91 Å². The number of nitrogens with one attached hydrogen (secondary N) is 1. The number of nitrogens with zero attached hydrogens (tertiary/aromatic N) is 2. The first kappa shape index (κ1) is 16.5. The maximum Gasteiger partial charge on any atom is 0.230 e. The Balaban J connectivity index is 1.57. The fourth-order valence-corrected chi connectivity index (χ4v) is 4.73. The van der Waals surface area contributed by atoms with Crippen LogP contribution in [0.1, 0.15) is 42.1 Å². The molecule has 1 saturated carbocycles. The highest BCUT2D eigenvalue weighted by atomic mass is 32.2. The van der Waals surface area contributed by atoms with Crippen molar-refractivity contribution < 1.29 is 4.79 Å². The lowest BCUT2D eigenvalue weighted by Crippen LogP contribution is -2.44. The Morgan fingerprint density at radius 1 is 1.39 bits per heavy atom. The molecule has 1 amide bonds. The van der Waals surface area contributed by atoms with Crippen molar-refractivity contribution in [2.45, 2.75) is 43.9 Å². The molecule has 3 rings (SSSR count). The highest BCUT2D eigenvalue weighted by molar-refractivity contribution is 7.99. The van der Waals surface area contributed by atoms with Gasteiger partial charge in [-0.3, -0.25) is 9.78 Å². The fourth-order valence-electron chi connectivity index (χ4n) is 2.98. The van der Waals surface area contributed by atoms with Crippen LogP contribution in [-0.4, -0.2) is 21.6 Å². The highest BCUT2D eigenvalue weighted by Gasteiger charge is 2.39. The third kappa shape index (κ3) is 4.12. The third-order valence-corrected chi connectivity index (χ3v) is 6.20. The molecule has 0 atom stereocenters. The number of amides is 1. The van der Waals surface area contributed by atoms with Crippen molar-refractivity contribution in [3.05, 3.63) is 46.2 Å². The average molecular weight is 348 g/mol. The zero-order valence-electron chi connectivity index (χ0n) is 13.2. The number of rotatable bonds is 6. The lowest BCUT2D eigenvalue weighted by molar-refractivity contribution is -0.120. The van der Waals surface area contributed by atoms with Gasteiger partial charge in [-0.2, -0.15) is 0 Å². The maximum absolute atomic E-state index is 12.4. The van der Waals surface area contributed by atoms with Crippen LogP contribution in [0.2, 0.25) is 0 Å². The quantitative estimate of drug-likeness (QED) is 0.866. The number of pyridine rings is 1. The smallest absolute Gasteiger partial charge is 0.230 e. The fraction of sp³-hybridized carbons (Fsp3) is 0.471. The van der Waals surface area contributed by atoms with Gasteiger partial charge in [0.1, 0.15) is 5.01 Å². The third-order valence-electron chi connectivity index (χ3n) is 4.07. The van der Waals surface area contributed by atoms with E-state index in [0.29, 0.717) is 5.75 Å². The van der Waals surface area contributed by atoms with E-state index in [1.54, 1.807) is 29.3 Å². The van der Waals surface area contributed by atoms with Gasteiger partial charge in [-0.15, -0.1) is 23.1 Å². The summed E-state index contributed by atoms with van der Waals surface area (Å²) >= 11 is 3.27. The Hall–Kier alpha value is -1.40. The SMILES string of the molecule is Cc1csc(C2(NC(=O)CSCc3ccccn3)CCCC2)n1. The molecule has 0 spiro atoms. The van der Waals surface area contributed by atoms with E-state index in [1.807, 2.05) is 25.1 Å². The number of aryl methyl sites for hydroxylation is 1. The Morgan fingerprint density at radius 2 is 2.22 bits per heavy atom. The van der Waals surface area contributed by atoms with Crippen LogP contribution >= 0.6 is 23.1 Å². The second kappa shape index (κ2) is 7.45. The zero-order valence-corrected chi connectivity index (χ0v) is 14.9. The van der Waals surface area contributed by atoms with Crippen LogP contribution in [0.4, 0.5) is 0 Å². The molecule has 1 aliphatic carbocycles. The summed E-state index contributed by atoms with van der Waals surface area (Å²) in [5, 5.41) is 6.41. The molecule has 6 heteroatoms. The first-order valence-corrected chi connectivity index (χ1v) is 9.93. The van der Waals surface area contributed by atoms with Gasteiger partial charge in [0.15, 0.2) is 0 Å². The molecule has 0 radical (unpaired) electrons. The molecule has 23 heavy (non-hydrogen) atoms. The van der Waals surface area contributed by atoms with Gasteiger partial charge >= 0.3 is 0 Å². The maximum atomic E-state index is 12.4. The van der Waals surface area contributed by atoms with Gasteiger partial charge in [-0.25, -0.2) is 4.98 Å². The highest BCUT2D eigenvalue weighted by Crippen LogP contribution is 2.40. The molecule has 0 bridgehead atoms. The summed E-state index contributed by atoms with van der Waals surface area (Å²) < 4.78 is 0. The summed E-state index contributed by atoms with van der Waals surface area (Å²) in [4.78, 5) is 21.3. The van der Waals surface area contributed by atoms with Crippen molar-refractivity contribution in [1.29, 1.82) is 0 Å². The molecule has 2 heterocycles. The van der Waals surface area contributed by atoms with Crippen molar-refractivity contribution in [3.63, 3.8) is 0 Å². The van der Waals surface area contributed by atoms with Gasteiger partial charge in [-0.05, 0) is 31.9 Å². The van der Waals surface area contributed by atoms with Gasteiger partial charge in [0.05, 0.1) is 17.0 Å². The molecular weight excluding hydrogens is 326 g/mol. The molecule has 1 fully saturated rings. The van der Waals surface area contributed by atoms with Crippen LogP contribution in [0.25, 0.3) is 0 Å². The van der Waals surface area contributed by atoms with Crippen molar-refractivity contribution in [2.75, 3.05) is 5.75 Å². The summed E-state index contributed by atoms with van der Waals surface area (Å²) in [5.74, 6) is 1.32. The number of hydrogen-bond donors (Lipinski definition) is 1. The van der Waals surface area contributed by atoms with Crippen LogP contribution in [0, 0.1) is 6.92 Å². The van der Waals surface area contributed by atoms with Crippen molar-refractivity contribution in [3.8, 4) is 0 Å². The molecule has 0 aliphatic heterocycles. The van der Waals surface area contributed by atoms with E-state index >= 15 is 0 Å². The van der Waals surface area contributed by atoms with E-state index in [-0.39, 0.29) is 11.4 Å². The lowest BCUT2D eigenvalue weighted by Gasteiger charge is -2.28. The molecule has 1 aliphatic rings. The van der Waals surface area contributed by atoms with Crippen molar-refractivity contribution >= 4 is 29.0 Å². The van der Waals surface area contributed by atoms with E-state index < -0.39 is 0 Å².